The first kappa shape index (κ1) is 21.6. The van der Waals surface area contributed by atoms with Crippen LogP contribution in [0.2, 0.25) is 0 Å². The van der Waals surface area contributed by atoms with E-state index < -0.39 is 15.3 Å². The molecule has 0 aliphatic carbocycles. The zero-order chi connectivity index (χ0) is 22.3. The van der Waals surface area contributed by atoms with Crippen LogP contribution in [0, 0.1) is 11.8 Å². The second kappa shape index (κ2) is 8.61. The normalized spacial score (nSPS) is 29.7. The van der Waals surface area contributed by atoms with E-state index in [2.05, 4.69) is 0 Å². The molecule has 3 aliphatic rings. The number of likely N-dealkylation sites (tertiary alicyclic amines) is 1. The molecule has 6 nitrogen and oxygen atoms in total. The van der Waals surface area contributed by atoms with Crippen LogP contribution in [0.1, 0.15) is 46.5 Å². The van der Waals surface area contributed by atoms with E-state index in [0.717, 1.165) is 43.9 Å². The first-order valence-corrected chi connectivity index (χ1v) is 13.0. The van der Waals surface area contributed by atoms with E-state index in [1.165, 1.54) is 0 Å². The van der Waals surface area contributed by atoms with E-state index >= 15 is 0 Å². The molecule has 7 heteroatoms. The smallest absolute Gasteiger partial charge is 0.253 e. The summed E-state index contributed by atoms with van der Waals surface area (Å²) in [6.45, 7) is 5.32. The van der Waals surface area contributed by atoms with Gasteiger partial charge in [0.15, 0.2) is 0 Å². The van der Waals surface area contributed by atoms with Gasteiger partial charge in [0.05, 0.1) is 13.2 Å². The Kier molecular flexibility index (Phi) is 5.82. The van der Waals surface area contributed by atoms with Crippen LogP contribution >= 0.6 is 0 Å². The van der Waals surface area contributed by atoms with Crippen molar-refractivity contribution in [3.63, 3.8) is 0 Å². The first-order valence-electron chi connectivity index (χ1n) is 11.4. The van der Waals surface area contributed by atoms with Crippen molar-refractivity contribution in [3.8, 4) is 0 Å². The van der Waals surface area contributed by atoms with Crippen molar-refractivity contribution in [2.24, 2.45) is 11.8 Å². The van der Waals surface area contributed by atoms with Gasteiger partial charge in [0.2, 0.25) is 10.0 Å². The summed E-state index contributed by atoms with van der Waals surface area (Å²) >= 11 is 0. The maximum absolute atomic E-state index is 13.4. The van der Waals surface area contributed by atoms with Gasteiger partial charge in [-0.25, -0.2) is 8.42 Å². The largest absolute Gasteiger partial charge is 0.381 e. The number of sulfonamides is 1. The van der Waals surface area contributed by atoms with Crippen LogP contribution in [0.3, 0.4) is 0 Å². The van der Waals surface area contributed by atoms with Crippen molar-refractivity contribution in [3.05, 3.63) is 71.3 Å². The van der Waals surface area contributed by atoms with Crippen molar-refractivity contribution >= 4 is 15.9 Å². The lowest BCUT2D eigenvalue weighted by atomic mass is 10.0. The molecule has 0 radical (unpaired) electrons. The lowest BCUT2D eigenvalue weighted by Crippen LogP contribution is -2.44. The number of rotatable bonds is 4. The quantitative estimate of drug-likeness (QED) is 0.710. The van der Waals surface area contributed by atoms with Gasteiger partial charge in [-0.3, -0.25) is 4.79 Å². The number of ether oxygens (including phenoxy) is 1. The molecule has 3 unspecified atom stereocenters. The molecule has 1 amide bonds. The Hall–Kier alpha value is -2.22. The minimum atomic E-state index is -3.47. The fraction of sp³-hybridized carbons (Fsp3) is 0.480. The summed E-state index contributed by atoms with van der Waals surface area (Å²) in [6.07, 6.45) is 1.47. The van der Waals surface area contributed by atoms with Crippen LogP contribution in [-0.4, -0.2) is 55.9 Å². The second-order valence-corrected chi connectivity index (χ2v) is 11.4. The van der Waals surface area contributed by atoms with E-state index in [-0.39, 0.29) is 11.9 Å². The summed E-state index contributed by atoms with van der Waals surface area (Å²) in [4.78, 5) is 14.8. The molecule has 3 aliphatic heterocycles. The van der Waals surface area contributed by atoms with Crippen molar-refractivity contribution in [2.75, 3.05) is 26.3 Å². The summed E-state index contributed by atoms with van der Waals surface area (Å²) in [5.74, 6) is 0.970. The van der Waals surface area contributed by atoms with E-state index in [9.17, 15) is 13.2 Å². The van der Waals surface area contributed by atoms with Crippen LogP contribution < -0.4 is 0 Å². The molecule has 4 atom stereocenters. The molecule has 5 rings (SSSR count). The van der Waals surface area contributed by atoms with Gasteiger partial charge in [0.25, 0.3) is 5.91 Å². The number of carbonyl (C=O) groups is 1. The number of nitrogens with zero attached hydrogens (tertiary/aromatic N) is 2. The maximum atomic E-state index is 13.4. The third-order valence-corrected chi connectivity index (χ3v) is 9.63. The van der Waals surface area contributed by atoms with Gasteiger partial charge in [-0.2, -0.15) is 4.31 Å². The molecule has 0 aromatic heterocycles. The lowest BCUT2D eigenvalue weighted by molar-refractivity contribution is 0.0751. The van der Waals surface area contributed by atoms with Crippen LogP contribution in [0.4, 0.5) is 0 Å². The minimum absolute atomic E-state index is 0.0486. The summed E-state index contributed by atoms with van der Waals surface area (Å²) in [5.41, 5.74) is 2.41. The van der Waals surface area contributed by atoms with Crippen LogP contribution in [0.5, 0.6) is 0 Å². The van der Waals surface area contributed by atoms with Crippen LogP contribution in [0.25, 0.3) is 0 Å². The topological polar surface area (TPSA) is 66.9 Å². The van der Waals surface area contributed by atoms with Crippen LogP contribution in [0.15, 0.2) is 54.6 Å². The van der Waals surface area contributed by atoms with Gasteiger partial charge in [-0.15, -0.1) is 0 Å². The number of amides is 1. The molecule has 0 saturated carbocycles. The molecular weight excluding hydrogens is 424 g/mol. The Morgan fingerprint density at radius 2 is 1.62 bits per heavy atom. The SMILES string of the molecule is C[C@H]1CCC(c2ccccc2)S(=O)(=O)N1Cc1ccc(C(=O)N2CC3COCC3C2)cc1. The van der Waals surface area contributed by atoms with Crippen molar-refractivity contribution in [1.29, 1.82) is 0 Å². The number of benzene rings is 2. The molecule has 2 aromatic carbocycles. The van der Waals surface area contributed by atoms with Gasteiger partial charge in [-0.05, 0) is 43.0 Å². The number of hydrogen-bond acceptors (Lipinski definition) is 4. The molecule has 32 heavy (non-hydrogen) atoms. The molecule has 3 fully saturated rings. The highest BCUT2D eigenvalue weighted by atomic mass is 32.2. The zero-order valence-electron chi connectivity index (χ0n) is 18.4. The molecule has 2 aromatic rings. The van der Waals surface area contributed by atoms with Crippen molar-refractivity contribution in [2.45, 2.75) is 37.6 Å². The predicted molar refractivity (Wildman–Crippen MR) is 122 cm³/mol. The fourth-order valence-electron chi connectivity index (χ4n) is 5.32. The Morgan fingerprint density at radius 3 is 2.28 bits per heavy atom. The third-order valence-electron chi connectivity index (χ3n) is 7.26. The van der Waals surface area contributed by atoms with E-state index in [1.807, 2.05) is 66.4 Å². The summed E-state index contributed by atoms with van der Waals surface area (Å²) in [7, 11) is -3.47. The predicted octanol–water partition coefficient (Wildman–Crippen LogP) is 3.46. The summed E-state index contributed by atoms with van der Waals surface area (Å²) in [5, 5.41) is -0.501. The average Bonchev–Trinajstić information content (AvgIpc) is 3.40. The number of fused-ring (bicyclic) bond motifs is 1. The van der Waals surface area contributed by atoms with Crippen molar-refractivity contribution in [1.82, 2.24) is 9.21 Å². The Morgan fingerprint density at radius 1 is 0.969 bits per heavy atom. The molecule has 3 heterocycles. The van der Waals surface area contributed by atoms with Gasteiger partial charge in [-0.1, -0.05) is 42.5 Å². The van der Waals surface area contributed by atoms with Crippen LogP contribution in [-0.2, 0) is 21.3 Å². The van der Waals surface area contributed by atoms with E-state index in [0.29, 0.717) is 30.4 Å². The number of carbonyl (C=O) groups excluding carboxylic acids is 1. The van der Waals surface area contributed by atoms with Gasteiger partial charge < -0.3 is 9.64 Å². The van der Waals surface area contributed by atoms with Crippen molar-refractivity contribution < 1.29 is 17.9 Å². The molecule has 0 spiro atoms. The molecule has 3 saturated heterocycles. The summed E-state index contributed by atoms with van der Waals surface area (Å²) < 4.78 is 34.0. The highest BCUT2D eigenvalue weighted by Gasteiger charge is 2.41. The average molecular weight is 455 g/mol. The Bertz CT molecular complexity index is 1060. The lowest BCUT2D eigenvalue weighted by Gasteiger charge is -2.37. The zero-order valence-corrected chi connectivity index (χ0v) is 19.2. The Balaban J connectivity index is 1.29. The molecule has 0 N–H and O–H groups in total. The monoisotopic (exact) mass is 454 g/mol. The summed E-state index contributed by atoms with van der Waals surface area (Å²) in [6, 6.07) is 16.9. The molecule has 0 bridgehead atoms. The number of hydrogen-bond donors (Lipinski definition) is 0. The minimum Gasteiger partial charge on any atom is -0.381 e. The highest BCUT2D eigenvalue weighted by Crippen LogP contribution is 2.38. The van der Waals surface area contributed by atoms with Gasteiger partial charge in [0, 0.05) is 43.1 Å². The molecule has 170 valence electrons. The van der Waals surface area contributed by atoms with Gasteiger partial charge in [0.1, 0.15) is 5.25 Å². The third kappa shape index (κ3) is 3.98. The highest BCUT2D eigenvalue weighted by molar-refractivity contribution is 7.89. The Labute approximate surface area is 190 Å². The standard InChI is InChI=1S/C25H30N2O4S/c1-18-7-12-24(20-5-3-2-4-6-20)32(29,30)27(18)13-19-8-10-21(11-9-19)25(28)26-14-22-16-31-17-23(22)15-26/h2-6,8-11,18,22-24H,7,12-17H2,1H3/t18-,22?,23?,24?/m0/s1. The molecular formula is C25H30N2O4S. The first-order chi connectivity index (χ1) is 15.4. The second-order valence-electron chi connectivity index (χ2n) is 9.38. The maximum Gasteiger partial charge on any atom is 0.253 e. The van der Waals surface area contributed by atoms with E-state index in [4.69, 9.17) is 4.74 Å². The fourth-order valence-corrected chi connectivity index (χ4v) is 7.52. The van der Waals surface area contributed by atoms with E-state index in [1.54, 1.807) is 4.31 Å². The van der Waals surface area contributed by atoms with Gasteiger partial charge >= 0.3 is 0 Å².